The van der Waals surface area contributed by atoms with E-state index in [0.717, 1.165) is 70.6 Å². The first-order chi connectivity index (χ1) is 15.6. The van der Waals surface area contributed by atoms with Crippen LogP contribution in [0.2, 0.25) is 0 Å². The molecule has 2 saturated heterocycles. The lowest BCUT2D eigenvalue weighted by Crippen LogP contribution is -2.60. The number of ether oxygens (including phenoxy) is 1. The van der Waals surface area contributed by atoms with Crippen LogP contribution >= 0.6 is 0 Å². The third-order valence-electron chi connectivity index (χ3n) is 7.55. The zero-order valence-corrected chi connectivity index (χ0v) is 18.4. The van der Waals surface area contributed by atoms with E-state index >= 15 is 0 Å². The summed E-state index contributed by atoms with van der Waals surface area (Å²) < 4.78 is 20.7. The Morgan fingerprint density at radius 1 is 1.31 bits per heavy atom. The second-order valence-corrected chi connectivity index (χ2v) is 9.35. The van der Waals surface area contributed by atoms with Gasteiger partial charge < -0.3 is 15.4 Å². The van der Waals surface area contributed by atoms with E-state index in [1.54, 1.807) is 16.9 Å². The summed E-state index contributed by atoms with van der Waals surface area (Å²) in [5.41, 5.74) is 1.24. The second kappa shape index (κ2) is 9.29. The van der Waals surface area contributed by atoms with Crippen molar-refractivity contribution in [2.75, 3.05) is 39.4 Å². The SMILES string of the molecule is O=C(NCc1cnn(-c2cccc(F)c2)c1)[C@@]12CC[C@H](N3CCOCC3)C[C@H]1CCNC2. The molecule has 5 rings (SSSR count). The van der Waals surface area contributed by atoms with E-state index in [0.29, 0.717) is 24.2 Å². The van der Waals surface area contributed by atoms with E-state index in [1.807, 2.05) is 12.3 Å². The number of hydrogen-bond acceptors (Lipinski definition) is 5. The summed E-state index contributed by atoms with van der Waals surface area (Å²) >= 11 is 0. The number of nitrogens with zero attached hydrogens (tertiary/aromatic N) is 3. The monoisotopic (exact) mass is 441 g/mol. The predicted octanol–water partition coefficient (Wildman–Crippen LogP) is 2.11. The summed E-state index contributed by atoms with van der Waals surface area (Å²) in [6.45, 7) is 5.80. The molecular formula is C24H32FN5O2. The highest BCUT2D eigenvalue weighted by Gasteiger charge is 2.50. The number of hydrogen-bond donors (Lipinski definition) is 2. The molecule has 3 fully saturated rings. The van der Waals surface area contributed by atoms with E-state index in [9.17, 15) is 9.18 Å². The van der Waals surface area contributed by atoms with Gasteiger partial charge >= 0.3 is 0 Å². The molecule has 8 heteroatoms. The molecule has 1 saturated carbocycles. The average molecular weight is 442 g/mol. The van der Waals surface area contributed by atoms with Crippen LogP contribution in [0.4, 0.5) is 4.39 Å². The maximum atomic E-state index is 13.5. The van der Waals surface area contributed by atoms with Gasteiger partial charge in [0.05, 0.1) is 30.5 Å². The lowest BCUT2D eigenvalue weighted by molar-refractivity contribution is -0.140. The molecule has 0 unspecified atom stereocenters. The molecule has 3 heterocycles. The largest absolute Gasteiger partial charge is 0.379 e. The number of morpholine rings is 1. The molecule has 1 amide bonds. The van der Waals surface area contributed by atoms with E-state index < -0.39 is 0 Å². The molecular weight excluding hydrogens is 409 g/mol. The number of amides is 1. The smallest absolute Gasteiger partial charge is 0.228 e. The van der Waals surface area contributed by atoms with Crippen molar-refractivity contribution in [3.8, 4) is 5.69 Å². The summed E-state index contributed by atoms with van der Waals surface area (Å²) in [6, 6.07) is 6.89. The van der Waals surface area contributed by atoms with E-state index in [1.165, 1.54) is 12.1 Å². The van der Waals surface area contributed by atoms with Crippen LogP contribution in [-0.4, -0.2) is 66.0 Å². The fourth-order valence-electron chi connectivity index (χ4n) is 5.74. The number of fused-ring (bicyclic) bond motifs is 1. The minimum atomic E-state index is -0.334. The molecule has 7 nitrogen and oxygen atoms in total. The van der Waals surface area contributed by atoms with Crippen LogP contribution in [0.1, 0.15) is 31.2 Å². The third-order valence-corrected chi connectivity index (χ3v) is 7.55. The molecule has 172 valence electrons. The van der Waals surface area contributed by atoms with Crippen molar-refractivity contribution in [2.45, 2.75) is 38.3 Å². The normalized spacial score (nSPS) is 28.8. The lowest BCUT2D eigenvalue weighted by Gasteiger charge is -2.50. The molecule has 0 spiro atoms. The van der Waals surface area contributed by atoms with Crippen LogP contribution in [0.25, 0.3) is 5.69 Å². The van der Waals surface area contributed by atoms with Gasteiger partial charge in [0.25, 0.3) is 0 Å². The van der Waals surface area contributed by atoms with E-state index in [-0.39, 0.29) is 17.1 Å². The Morgan fingerprint density at radius 2 is 2.19 bits per heavy atom. The summed E-state index contributed by atoms with van der Waals surface area (Å²) in [4.78, 5) is 16.0. The van der Waals surface area contributed by atoms with Gasteiger partial charge in [-0.25, -0.2) is 9.07 Å². The average Bonchev–Trinajstić information content (AvgIpc) is 3.32. The van der Waals surface area contributed by atoms with Gasteiger partial charge in [0.1, 0.15) is 5.82 Å². The van der Waals surface area contributed by atoms with Crippen molar-refractivity contribution in [1.82, 2.24) is 25.3 Å². The van der Waals surface area contributed by atoms with E-state index in [4.69, 9.17) is 4.74 Å². The second-order valence-electron chi connectivity index (χ2n) is 9.35. The first-order valence-corrected chi connectivity index (χ1v) is 11.7. The van der Waals surface area contributed by atoms with Crippen LogP contribution in [0.3, 0.4) is 0 Å². The zero-order chi connectivity index (χ0) is 22.0. The third kappa shape index (κ3) is 4.31. The molecule has 1 aliphatic carbocycles. The number of carbonyl (C=O) groups is 1. The quantitative estimate of drug-likeness (QED) is 0.744. The molecule has 2 aromatic rings. The Morgan fingerprint density at radius 3 is 3.03 bits per heavy atom. The lowest BCUT2D eigenvalue weighted by atomic mass is 9.61. The number of piperidine rings is 1. The molecule has 32 heavy (non-hydrogen) atoms. The summed E-state index contributed by atoms with van der Waals surface area (Å²) in [5, 5.41) is 11.0. The Balaban J connectivity index is 1.23. The molecule has 1 aromatic heterocycles. The molecule has 0 bridgehead atoms. The van der Waals surface area contributed by atoms with Crippen molar-refractivity contribution in [1.29, 1.82) is 0 Å². The first-order valence-electron chi connectivity index (χ1n) is 11.7. The van der Waals surface area contributed by atoms with Crippen LogP contribution in [-0.2, 0) is 16.1 Å². The number of benzene rings is 1. The van der Waals surface area contributed by atoms with Gasteiger partial charge in [0.15, 0.2) is 0 Å². The van der Waals surface area contributed by atoms with Crippen molar-refractivity contribution < 1.29 is 13.9 Å². The van der Waals surface area contributed by atoms with Crippen molar-refractivity contribution in [2.24, 2.45) is 11.3 Å². The first kappa shape index (κ1) is 21.6. The molecule has 3 atom stereocenters. The Bertz CT molecular complexity index is 944. The highest BCUT2D eigenvalue weighted by molar-refractivity contribution is 5.83. The molecule has 2 N–H and O–H groups in total. The van der Waals surface area contributed by atoms with Crippen molar-refractivity contribution in [3.63, 3.8) is 0 Å². The van der Waals surface area contributed by atoms with Crippen LogP contribution < -0.4 is 10.6 Å². The minimum Gasteiger partial charge on any atom is -0.379 e. The number of carbonyl (C=O) groups excluding carboxylic acids is 1. The van der Waals surface area contributed by atoms with Gasteiger partial charge in [-0.3, -0.25) is 9.69 Å². The maximum absolute atomic E-state index is 13.5. The summed E-state index contributed by atoms with van der Waals surface area (Å²) in [6.07, 6.45) is 7.69. The molecule has 0 radical (unpaired) electrons. The molecule has 1 aromatic carbocycles. The molecule has 2 aliphatic heterocycles. The predicted molar refractivity (Wildman–Crippen MR) is 119 cm³/mol. The topological polar surface area (TPSA) is 71.4 Å². The van der Waals surface area contributed by atoms with Crippen LogP contribution in [0.15, 0.2) is 36.7 Å². The van der Waals surface area contributed by atoms with Crippen molar-refractivity contribution in [3.05, 3.63) is 48.0 Å². The van der Waals surface area contributed by atoms with Gasteiger partial charge in [0, 0.05) is 44.0 Å². The summed E-state index contributed by atoms with van der Waals surface area (Å²) in [5.74, 6) is 0.254. The highest BCUT2D eigenvalue weighted by Crippen LogP contribution is 2.46. The van der Waals surface area contributed by atoms with Crippen LogP contribution in [0, 0.1) is 17.2 Å². The van der Waals surface area contributed by atoms with Gasteiger partial charge in [-0.15, -0.1) is 0 Å². The van der Waals surface area contributed by atoms with Crippen molar-refractivity contribution >= 4 is 5.91 Å². The number of aromatic nitrogens is 2. The van der Waals surface area contributed by atoms with E-state index in [2.05, 4.69) is 20.6 Å². The Labute approximate surface area is 188 Å². The fraction of sp³-hybridized carbons (Fsp3) is 0.583. The minimum absolute atomic E-state index is 0.147. The highest BCUT2D eigenvalue weighted by atomic mass is 19.1. The Kier molecular flexibility index (Phi) is 6.26. The van der Waals surface area contributed by atoms with Gasteiger partial charge in [-0.1, -0.05) is 6.07 Å². The fourth-order valence-corrected chi connectivity index (χ4v) is 5.74. The summed E-state index contributed by atoms with van der Waals surface area (Å²) in [7, 11) is 0. The number of nitrogens with one attached hydrogen (secondary N) is 2. The standard InChI is InChI=1S/C24H32FN5O2/c25-20-2-1-3-22(13-20)30-16-18(15-28-30)14-27-23(31)24-6-4-21(29-8-10-32-11-9-29)12-19(24)5-7-26-17-24/h1-3,13,15-16,19,21,26H,4-12,14,17H2,(H,27,31)/t19-,21+,24-/m1/s1. The van der Waals surface area contributed by atoms with Gasteiger partial charge in [-0.05, 0) is 56.3 Å². The maximum Gasteiger partial charge on any atom is 0.228 e. The van der Waals surface area contributed by atoms with Gasteiger partial charge in [0.2, 0.25) is 5.91 Å². The number of halogens is 1. The van der Waals surface area contributed by atoms with Crippen LogP contribution in [0.5, 0.6) is 0 Å². The number of rotatable bonds is 5. The molecule has 3 aliphatic rings. The van der Waals surface area contributed by atoms with Gasteiger partial charge in [-0.2, -0.15) is 5.10 Å². The Hall–Kier alpha value is -2.29. The zero-order valence-electron chi connectivity index (χ0n) is 18.4.